The zero-order valence-corrected chi connectivity index (χ0v) is 11.7. The molecule has 0 saturated carbocycles. The molecular weight excluding hydrogens is 226 g/mol. The van der Waals surface area contributed by atoms with Crippen molar-refractivity contribution in [3.63, 3.8) is 0 Å². The van der Waals surface area contributed by atoms with E-state index < -0.39 is 0 Å². The minimum Gasteiger partial charge on any atom is -0.382 e. The maximum Gasteiger partial charge on any atom is 0.269 e. The quantitative estimate of drug-likeness (QED) is 0.815. The third-order valence-corrected chi connectivity index (χ3v) is 2.81. The van der Waals surface area contributed by atoms with E-state index in [0.29, 0.717) is 17.7 Å². The number of anilines is 1. The van der Waals surface area contributed by atoms with Crippen molar-refractivity contribution < 1.29 is 4.79 Å². The first-order valence-electron chi connectivity index (χ1n) is 6.47. The summed E-state index contributed by atoms with van der Waals surface area (Å²) < 4.78 is 0. The van der Waals surface area contributed by atoms with Crippen molar-refractivity contribution in [3.05, 3.63) is 24.0 Å². The van der Waals surface area contributed by atoms with Gasteiger partial charge in [-0.05, 0) is 37.8 Å². The van der Waals surface area contributed by atoms with E-state index in [-0.39, 0.29) is 5.91 Å². The lowest BCUT2D eigenvalue weighted by Gasteiger charge is -2.16. The second kappa shape index (κ2) is 6.99. The van der Waals surface area contributed by atoms with E-state index >= 15 is 0 Å². The van der Waals surface area contributed by atoms with Crippen LogP contribution in [0.4, 0.5) is 5.69 Å². The van der Waals surface area contributed by atoms with Crippen molar-refractivity contribution in [1.29, 1.82) is 0 Å². The lowest BCUT2D eigenvalue weighted by Crippen LogP contribution is -2.20. The van der Waals surface area contributed by atoms with Crippen LogP contribution in [0.15, 0.2) is 18.3 Å². The fourth-order valence-electron chi connectivity index (χ4n) is 1.71. The van der Waals surface area contributed by atoms with Gasteiger partial charge in [0.05, 0.1) is 0 Å². The smallest absolute Gasteiger partial charge is 0.269 e. The molecular formula is C14H23N3O. The average molecular weight is 249 g/mol. The van der Waals surface area contributed by atoms with E-state index in [0.717, 1.165) is 12.1 Å². The van der Waals surface area contributed by atoms with Crippen LogP contribution >= 0.6 is 0 Å². The van der Waals surface area contributed by atoms with Crippen molar-refractivity contribution >= 4 is 11.6 Å². The second-order valence-electron chi connectivity index (χ2n) is 5.03. The topological polar surface area (TPSA) is 54.0 Å². The number of nitrogens with one attached hydrogen (secondary N) is 2. The SMILES string of the molecule is CNC(=O)c1cc(NC(C)CCC(C)C)ccn1. The molecule has 1 rings (SSSR count). The Morgan fingerprint density at radius 1 is 1.33 bits per heavy atom. The zero-order valence-electron chi connectivity index (χ0n) is 11.7. The minimum atomic E-state index is -0.159. The number of amides is 1. The summed E-state index contributed by atoms with van der Waals surface area (Å²) in [5.41, 5.74) is 1.39. The Morgan fingerprint density at radius 3 is 2.67 bits per heavy atom. The highest BCUT2D eigenvalue weighted by Gasteiger charge is 2.07. The molecule has 0 saturated heterocycles. The van der Waals surface area contributed by atoms with Gasteiger partial charge in [-0.3, -0.25) is 9.78 Å². The highest BCUT2D eigenvalue weighted by atomic mass is 16.1. The molecule has 0 fully saturated rings. The second-order valence-corrected chi connectivity index (χ2v) is 5.03. The van der Waals surface area contributed by atoms with Crippen LogP contribution in [-0.2, 0) is 0 Å². The van der Waals surface area contributed by atoms with E-state index in [1.165, 1.54) is 6.42 Å². The predicted molar refractivity (Wildman–Crippen MR) is 74.8 cm³/mol. The zero-order chi connectivity index (χ0) is 13.5. The number of hydrogen-bond donors (Lipinski definition) is 2. The molecule has 18 heavy (non-hydrogen) atoms. The molecule has 1 heterocycles. The Labute approximate surface area is 109 Å². The van der Waals surface area contributed by atoms with Gasteiger partial charge in [0.2, 0.25) is 0 Å². The maximum absolute atomic E-state index is 11.5. The van der Waals surface area contributed by atoms with Gasteiger partial charge in [-0.1, -0.05) is 13.8 Å². The first kappa shape index (κ1) is 14.5. The van der Waals surface area contributed by atoms with E-state index in [2.05, 4.69) is 36.4 Å². The van der Waals surface area contributed by atoms with Gasteiger partial charge >= 0.3 is 0 Å². The van der Waals surface area contributed by atoms with Gasteiger partial charge in [0, 0.05) is 25.0 Å². The summed E-state index contributed by atoms with van der Waals surface area (Å²) in [6.07, 6.45) is 3.97. The lowest BCUT2D eigenvalue weighted by molar-refractivity contribution is 0.0958. The first-order chi connectivity index (χ1) is 8.52. The molecule has 1 atom stereocenters. The molecule has 1 aromatic heterocycles. The molecule has 0 aliphatic rings. The monoisotopic (exact) mass is 249 g/mol. The van der Waals surface area contributed by atoms with Gasteiger partial charge in [0.15, 0.2) is 0 Å². The summed E-state index contributed by atoms with van der Waals surface area (Å²) in [6.45, 7) is 6.61. The van der Waals surface area contributed by atoms with Gasteiger partial charge in [-0.15, -0.1) is 0 Å². The Morgan fingerprint density at radius 2 is 2.06 bits per heavy atom. The Balaban J connectivity index is 2.59. The molecule has 4 nitrogen and oxygen atoms in total. The Bertz CT molecular complexity index is 390. The number of carbonyl (C=O) groups is 1. The first-order valence-corrected chi connectivity index (χ1v) is 6.47. The maximum atomic E-state index is 11.5. The molecule has 0 aromatic carbocycles. The van der Waals surface area contributed by atoms with Crippen LogP contribution < -0.4 is 10.6 Å². The highest BCUT2D eigenvalue weighted by Crippen LogP contribution is 2.13. The Kier molecular flexibility index (Phi) is 5.62. The lowest BCUT2D eigenvalue weighted by atomic mass is 10.0. The van der Waals surface area contributed by atoms with Crippen LogP contribution in [0.3, 0.4) is 0 Å². The third kappa shape index (κ3) is 4.73. The predicted octanol–water partition coefficient (Wildman–Crippen LogP) is 2.68. The van der Waals surface area contributed by atoms with Crippen LogP contribution in [0.25, 0.3) is 0 Å². The summed E-state index contributed by atoms with van der Waals surface area (Å²) in [6, 6.07) is 4.07. The average Bonchev–Trinajstić information content (AvgIpc) is 2.35. The van der Waals surface area contributed by atoms with Crippen molar-refractivity contribution in [2.75, 3.05) is 12.4 Å². The molecule has 1 aromatic rings. The summed E-state index contributed by atoms with van der Waals surface area (Å²) in [5, 5.41) is 5.97. The van der Waals surface area contributed by atoms with Gasteiger partial charge < -0.3 is 10.6 Å². The molecule has 0 aliphatic carbocycles. The van der Waals surface area contributed by atoms with Crippen molar-refractivity contribution in [2.45, 2.75) is 39.7 Å². The third-order valence-electron chi connectivity index (χ3n) is 2.81. The van der Waals surface area contributed by atoms with Crippen LogP contribution in [0.5, 0.6) is 0 Å². The van der Waals surface area contributed by atoms with E-state index in [4.69, 9.17) is 0 Å². The van der Waals surface area contributed by atoms with Crippen LogP contribution in [0, 0.1) is 5.92 Å². The number of pyridine rings is 1. The molecule has 100 valence electrons. The number of nitrogens with zero attached hydrogens (tertiary/aromatic N) is 1. The van der Waals surface area contributed by atoms with E-state index in [9.17, 15) is 4.79 Å². The number of hydrogen-bond acceptors (Lipinski definition) is 3. The van der Waals surface area contributed by atoms with Crippen molar-refractivity contribution in [3.8, 4) is 0 Å². The normalized spacial score (nSPS) is 12.3. The van der Waals surface area contributed by atoms with Crippen LogP contribution in [0.2, 0.25) is 0 Å². The van der Waals surface area contributed by atoms with Gasteiger partial charge in [0.1, 0.15) is 5.69 Å². The van der Waals surface area contributed by atoms with E-state index in [1.54, 1.807) is 19.3 Å². The molecule has 0 radical (unpaired) electrons. The summed E-state index contributed by atoms with van der Waals surface area (Å²) in [7, 11) is 1.61. The minimum absolute atomic E-state index is 0.159. The fourth-order valence-corrected chi connectivity index (χ4v) is 1.71. The standard InChI is InChI=1S/C14H23N3O/c1-10(2)5-6-11(3)17-12-7-8-16-13(9-12)14(18)15-4/h7-11H,5-6H2,1-4H3,(H,15,18)(H,16,17). The van der Waals surface area contributed by atoms with Gasteiger partial charge in [-0.25, -0.2) is 0 Å². The molecule has 0 aliphatic heterocycles. The van der Waals surface area contributed by atoms with Gasteiger partial charge in [0.25, 0.3) is 5.91 Å². The molecule has 4 heteroatoms. The molecule has 1 unspecified atom stereocenters. The number of aromatic nitrogens is 1. The van der Waals surface area contributed by atoms with Gasteiger partial charge in [-0.2, -0.15) is 0 Å². The molecule has 1 amide bonds. The highest BCUT2D eigenvalue weighted by molar-refractivity contribution is 5.92. The summed E-state index contributed by atoms with van der Waals surface area (Å²) in [4.78, 5) is 15.5. The van der Waals surface area contributed by atoms with Crippen molar-refractivity contribution in [1.82, 2.24) is 10.3 Å². The van der Waals surface area contributed by atoms with E-state index in [1.807, 2.05) is 6.07 Å². The van der Waals surface area contributed by atoms with Crippen LogP contribution in [0.1, 0.15) is 44.1 Å². The number of carbonyl (C=O) groups excluding carboxylic acids is 1. The number of rotatable bonds is 6. The molecule has 0 spiro atoms. The summed E-state index contributed by atoms with van der Waals surface area (Å²) in [5.74, 6) is 0.557. The largest absolute Gasteiger partial charge is 0.382 e. The Hall–Kier alpha value is -1.58. The van der Waals surface area contributed by atoms with Crippen molar-refractivity contribution in [2.24, 2.45) is 5.92 Å². The molecule has 2 N–H and O–H groups in total. The molecule has 0 bridgehead atoms. The fraction of sp³-hybridized carbons (Fsp3) is 0.571. The summed E-state index contributed by atoms with van der Waals surface area (Å²) >= 11 is 0. The van der Waals surface area contributed by atoms with Crippen LogP contribution in [-0.4, -0.2) is 24.0 Å².